The molecule has 2 aromatic carbocycles. The molecule has 0 atom stereocenters. The molecule has 0 saturated heterocycles. The largest absolute Gasteiger partial charge is 0.486 e. The van der Waals surface area contributed by atoms with E-state index in [4.69, 9.17) is 26.8 Å². The third-order valence-corrected chi connectivity index (χ3v) is 4.43. The van der Waals surface area contributed by atoms with Gasteiger partial charge in [-0.2, -0.15) is 0 Å². The molecule has 0 aromatic heterocycles. The Hall–Kier alpha value is -3.52. The smallest absolute Gasteiger partial charge is 0.251 e. The van der Waals surface area contributed by atoms with Crippen molar-refractivity contribution in [2.45, 2.75) is 6.54 Å². The van der Waals surface area contributed by atoms with Crippen LogP contribution >= 0.6 is 11.6 Å². The van der Waals surface area contributed by atoms with E-state index in [0.29, 0.717) is 40.9 Å². The Morgan fingerprint density at radius 1 is 1.07 bits per heavy atom. The molecule has 3 rings (SSSR count). The lowest BCUT2D eigenvalue weighted by molar-refractivity contribution is -0.117. The van der Waals surface area contributed by atoms with Crippen LogP contribution in [0.15, 0.2) is 42.5 Å². The van der Waals surface area contributed by atoms with Crippen molar-refractivity contribution in [3.63, 3.8) is 0 Å². The van der Waals surface area contributed by atoms with Crippen LogP contribution in [0.25, 0.3) is 6.08 Å². The van der Waals surface area contributed by atoms with Gasteiger partial charge >= 0.3 is 0 Å². The number of carbonyl (C=O) groups is 3. The molecule has 4 N–H and O–H groups in total. The van der Waals surface area contributed by atoms with Crippen LogP contribution in [0.1, 0.15) is 21.5 Å². The summed E-state index contributed by atoms with van der Waals surface area (Å²) in [6.45, 7) is 0.956. The van der Waals surface area contributed by atoms with E-state index in [-0.39, 0.29) is 19.0 Å². The number of hydrogen-bond donors (Lipinski definition) is 3. The van der Waals surface area contributed by atoms with E-state index in [0.717, 1.165) is 5.56 Å². The standard InChI is InChI=1S/C21H20ClN3O5/c22-16-9-14(10-17-20(16)30-8-7-29-17)3-6-19(27)24-11-13-1-4-15(5-2-13)21(28)25-12-18(23)26/h1-6,9-10H,7-8,11-12H2,(H2,23,26)(H,24,27)(H,25,28)/b6-3+. The highest BCUT2D eigenvalue weighted by atomic mass is 35.5. The SMILES string of the molecule is NC(=O)CNC(=O)c1ccc(CNC(=O)/C=C/c2cc(Cl)c3c(c2)OCCO3)cc1. The first kappa shape index (κ1) is 21.2. The second-order valence-electron chi connectivity index (χ2n) is 6.42. The van der Waals surface area contributed by atoms with Crippen LogP contribution in [0.2, 0.25) is 5.02 Å². The van der Waals surface area contributed by atoms with Gasteiger partial charge in [0.2, 0.25) is 11.8 Å². The summed E-state index contributed by atoms with van der Waals surface area (Å²) in [5.41, 5.74) is 6.91. The summed E-state index contributed by atoms with van der Waals surface area (Å²) in [4.78, 5) is 34.6. The molecule has 1 heterocycles. The van der Waals surface area contributed by atoms with Crippen molar-refractivity contribution in [3.8, 4) is 11.5 Å². The summed E-state index contributed by atoms with van der Waals surface area (Å²) < 4.78 is 11.0. The van der Waals surface area contributed by atoms with Crippen molar-refractivity contribution in [3.05, 3.63) is 64.2 Å². The van der Waals surface area contributed by atoms with Crippen LogP contribution < -0.4 is 25.8 Å². The zero-order valence-corrected chi connectivity index (χ0v) is 16.7. The number of fused-ring (bicyclic) bond motifs is 1. The molecule has 0 radical (unpaired) electrons. The quantitative estimate of drug-likeness (QED) is 0.578. The van der Waals surface area contributed by atoms with Gasteiger partial charge < -0.3 is 25.8 Å². The second-order valence-corrected chi connectivity index (χ2v) is 6.83. The molecule has 0 fully saturated rings. The van der Waals surface area contributed by atoms with Crippen LogP contribution in [0.5, 0.6) is 11.5 Å². The minimum atomic E-state index is -0.616. The number of amides is 3. The fraction of sp³-hybridized carbons (Fsp3) is 0.190. The lowest BCUT2D eigenvalue weighted by Gasteiger charge is -2.19. The fourth-order valence-corrected chi connectivity index (χ4v) is 2.96. The van der Waals surface area contributed by atoms with E-state index >= 15 is 0 Å². The number of primary amides is 1. The number of carbonyl (C=O) groups excluding carboxylic acids is 3. The molecule has 0 aliphatic carbocycles. The van der Waals surface area contributed by atoms with Gasteiger partial charge in [0.25, 0.3) is 5.91 Å². The Morgan fingerprint density at radius 2 is 1.80 bits per heavy atom. The average molecular weight is 430 g/mol. The summed E-state index contributed by atoms with van der Waals surface area (Å²) in [7, 11) is 0. The van der Waals surface area contributed by atoms with Gasteiger partial charge in [0, 0.05) is 18.2 Å². The van der Waals surface area contributed by atoms with Gasteiger partial charge in [0.1, 0.15) is 13.2 Å². The van der Waals surface area contributed by atoms with Gasteiger partial charge in [-0.05, 0) is 41.5 Å². The van der Waals surface area contributed by atoms with Gasteiger partial charge in [0.05, 0.1) is 11.6 Å². The first-order valence-electron chi connectivity index (χ1n) is 9.13. The van der Waals surface area contributed by atoms with E-state index < -0.39 is 11.8 Å². The molecule has 1 aliphatic heterocycles. The molecule has 0 saturated carbocycles. The molecule has 9 heteroatoms. The number of rotatable bonds is 7. The molecule has 2 aromatic rings. The third kappa shape index (κ3) is 5.74. The first-order chi connectivity index (χ1) is 14.4. The van der Waals surface area contributed by atoms with Gasteiger partial charge in [-0.15, -0.1) is 0 Å². The van der Waals surface area contributed by atoms with Crippen LogP contribution in [-0.4, -0.2) is 37.5 Å². The molecule has 0 unspecified atom stereocenters. The molecular formula is C21H20ClN3O5. The minimum absolute atomic E-state index is 0.225. The zero-order valence-electron chi connectivity index (χ0n) is 15.9. The summed E-state index contributed by atoms with van der Waals surface area (Å²) in [6.07, 6.45) is 3.03. The molecule has 1 aliphatic rings. The number of benzene rings is 2. The Morgan fingerprint density at radius 3 is 2.53 bits per heavy atom. The predicted octanol–water partition coefficient (Wildman–Crippen LogP) is 1.66. The van der Waals surface area contributed by atoms with E-state index in [9.17, 15) is 14.4 Å². The summed E-state index contributed by atoms with van der Waals surface area (Å²) in [5.74, 6) is -0.242. The Labute approximate surface area is 178 Å². The minimum Gasteiger partial charge on any atom is -0.486 e. The van der Waals surface area contributed by atoms with Crippen molar-refractivity contribution in [1.29, 1.82) is 0 Å². The first-order valence-corrected chi connectivity index (χ1v) is 9.50. The maximum Gasteiger partial charge on any atom is 0.251 e. The number of halogens is 1. The van der Waals surface area contributed by atoms with Gasteiger partial charge in [0.15, 0.2) is 11.5 Å². The highest BCUT2D eigenvalue weighted by molar-refractivity contribution is 6.32. The molecule has 0 spiro atoms. The van der Waals surface area contributed by atoms with Crippen molar-refractivity contribution in [2.75, 3.05) is 19.8 Å². The fourth-order valence-electron chi connectivity index (χ4n) is 2.69. The maximum atomic E-state index is 12.1. The van der Waals surface area contributed by atoms with Crippen LogP contribution in [-0.2, 0) is 16.1 Å². The number of nitrogens with two attached hydrogens (primary N) is 1. The van der Waals surface area contributed by atoms with Crippen molar-refractivity contribution in [1.82, 2.24) is 10.6 Å². The Bertz CT molecular complexity index is 989. The monoisotopic (exact) mass is 429 g/mol. The van der Waals surface area contributed by atoms with E-state index in [1.165, 1.54) is 6.08 Å². The second kappa shape index (κ2) is 9.80. The van der Waals surface area contributed by atoms with Crippen LogP contribution in [0.3, 0.4) is 0 Å². The van der Waals surface area contributed by atoms with Crippen molar-refractivity contribution in [2.24, 2.45) is 5.73 Å². The zero-order chi connectivity index (χ0) is 21.5. The number of hydrogen-bond acceptors (Lipinski definition) is 5. The number of ether oxygens (including phenoxy) is 2. The number of nitrogens with one attached hydrogen (secondary N) is 2. The van der Waals surface area contributed by atoms with Crippen molar-refractivity contribution >= 4 is 35.4 Å². The normalized spacial score (nSPS) is 12.4. The summed E-state index contributed by atoms with van der Waals surface area (Å²) in [6, 6.07) is 10.1. The predicted molar refractivity (Wildman–Crippen MR) is 111 cm³/mol. The highest BCUT2D eigenvalue weighted by Crippen LogP contribution is 2.38. The lowest BCUT2D eigenvalue weighted by atomic mass is 10.1. The molecular weight excluding hydrogens is 410 g/mol. The molecule has 30 heavy (non-hydrogen) atoms. The maximum absolute atomic E-state index is 12.1. The van der Waals surface area contributed by atoms with Gasteiger partial charge in [-0.1, -0.05) is 23.7 Å². The van der Waals surface area contributed by atoms with Crippen LogP contribution in [0, 0.1) is 0 Å². The third-order valence-electron chi connectivity index (χ3n) is 4.15. The van der Waals surface area contributed by atoms with Crippen molar-refractivity contribution < 1.29 is 23.9 Å². The van der Waals surface area contributed by atoms with Gasteiger partial charge in [-0.25, -0.2) is 0 Å². The lowest BCUT2D eigenvalue weighted by Crippen LogP contribution is -2.33. The molecule has 3 amide bonds. The molecule has 0 bridgehead atoms. The Balaban J connectivity index is 1.53. The van der Waals surface area contributed by atoms with E-state index in [1.54, 1.807) is 42.5 Å². The van der Waals surface area contributed by atoms with E-state index in [1.807, 2.05) is 0 Å². The average Bonchev–Trinajstić information content (AvgIpc) is 2.75. The van der Waals surface area contributed by atoms with E-state index in [2.05, 4.69) is 10.6 Å². The molecule has 8 nitrogen and oxygen atoms in total. The summed E-state index contributed by atoms with van der Waals surface area (Å²) >= 11 is 6.18. The molecule has 156 valence electrons. The van der Waals surface area contributed by atoms with Crippen LogP contribution in [0.4, 0.5) is 0 Å². The Kier molecular flexibility index (Phi) is 6.92. The topological polar surface area (TPSA) is 120 Å². The van der Waals surface area contributed by atoms with Gasteiger partial charge in [-0.3, -0.25) is 14.4 Å². The summed E-state index contributed by atoms with van der Waals surface area (Å²) in [5, 5.41) is 5.59. The highest BCUT2D eigenvalue weighted by Gasteiger charge is 2.16.